The van der Waals surface area contributed by atoms with Gasteiger partial charge in [0.05, 0.1) is 6.54 Å². The van der Waals surface area contributed by atoms with Crippen LogP contribution in [-0.4, -0.2) is 36.3 Å². The molecular weight excluding hydrogens is 295 g/mol. The van der Waals surface area contributed by atoms with Gasteiger partial charge in [0.15, 0.2) is 0 Å². The van der Waals surface area contributed by atoms with E-state index in [4.69, 9.17) is 11.5 Å². The Balaban J connectivity index is 0.00000220. The number of aliphatic imine (C=N–C) groups is 1. The molecule has 1 atom stereocenters. The molecule has 0 aromatic heterocycles. The Hall–Kier alpha value is -1.66. The van der Waals surface area contributed by atoms with Gasteiger partial charge >= 0.3 is 0 Å². The maximum atomic E-state index is 14.1. The lowest BCUT2D eigenvalue weighted by atomic mass is 9.89. The van der Waals surface area contributed by atoms with Crippen molar-refractivity contribution in [3.05, 3.63) is 35.1 Å². The normalized spacial score (nSPS) is 22.3. The van der Waals surface area contributed by atoms with Crippen LogP contribution in [0.3, 0.4) is 0 Å². The molecule has 1 aromatic carbocycles. The third-order valence-electron chi connectivity index (χ3n) is 3.59. The Morgan fingerprint density at radius 1 is 1.52 bits per heavy atom. The summed E-state index contributed by atoms with van der Waals surface area (Å²) in [5, 5.41) is 0. The zero-order chi connectivity index (χ0) is 14.9. The van der Waals surface area contributed by atoms with Crippen LogP contribution >= 0.6 is 12.4 Å². The first kappa shape index (κ1) is 17.4. The average molecular weight is 315 g/mol. The Morgan fingerprint density at radius 2 is 2.19 bits per heavy atom. The van der Waals surface area contributed by atoms with Crippen molar-refractivity contribution in [2.24, 2.45) is 16.5 Å². The zero-order valence-corrected chi connectivity index (χ0v) is 12.9. The van der Waals surface area contributed by atoms with E-state index in [9.17, 15) is 9.18 Å². The van der Waals surface area contributed by atoms with Gasteiger partial charge in [0.1, 0.15) is 17.2 Å². The molecule has 0 bridgehead atoms. The van der Waals surface area contributed by atoms with E-state index in [1.54, 1.807) is 0 Å². The third kappa shape index (κ3) is 3.51. The van der Waals surface area contributed by atoms with E-state index in [1.165, 1.54) is 18.2 Å². The van der Waals surface area contributed by atoms with Crippen LogP contribution in [-0.2, 0) is 5.54 Å². The lowest BCUT2D eigenvalue weighted by molar-refractivity contribution is 0.1000. The number of primary amides is 1. The van der Waals surface area contributed by atoms with Crippen LogP contribution in [0.25, 0.3) is 0 Å². The van der Waals surface area contributed by atoms with Crippen molar-refractivity contribution in [1.29, 1.82) is 0 Å². The lowest BCUT2D eigenvalue weighted by Gasteiger charge is -2.37. The number of amides is 1. The molecular formula is C14H20ClFN4O. The smallest absolute Gasteiger partial charge is 0.248 e. The van der Waals surface area contributed by atoms with Crippen LogP contribution in [0.4, 0.5) is 4.39 Å². The third-order valence-corrected chi connectivity index (χ3v) is 3.59. The summed E-state index contributed by atoms with van der Waals surface area (Å²) in [6, 6.07) is 4.09. The molecule has 5 nitrogen and oxygen atoms in total. The van der Waals surface area contributed by atoms with Crippen molar-refractivity contribution in [2.45, 2.75) is 19.4 Å². The number of hydrogen-bond donors (Lipinski definition) is 2. The molecule has 1 aliphatic rings. The molecule has 21 heavy (non-hydrogen) atoms. The largest absolute Gasteiger partial charge is 0.386 e. The van der Waals surface area contributed by atoms with Crippen LogP contribution in [0.15, 0.2) is 23.2 Å². The molecule has 0 aliphatic carbocycles. The summed E-state index contributed by atoms with van der Waals surface area (Å²) in [5.74, 6) is -0.536. The van der Waals surface area contributed by atoms with Gasteiger partial charge < -0.3 is 11.5 Å². The number of nitrogens with two attached hydrogens (primary N) is 2. The molecule has 1 amide bonds. The first-order chi connectivity index (χ1) is 9.35. The molecule has 1 aromatic rings. The van der Waals surface area contributed by atoms with Crippen molar-refractivity contribution >= 4 is 24.1 Å². The minimum absolute atomic E-state index is 0. The molecule has 116 valence electrons. The quantitative estimate of drug-likeness (QED) is 0.880. The minimum atomic E-state index is -0.812. The Morgan fingerprint density at radius 3 is 2.76 bits per heavy atom. The van der Waals surface area contributed by atoms with E-state index in [-0.39, 0.29) is 18.0 Å². The van der Waals surface area contributed by atoms with Crippen molar-refractivity contribution in [3.8, 4) is 0 Å². The van der Waals surface area contributed by atoms with E-state index >= 15 is 0 Å². The van der Waals surface area contributed by atoms with Gasteiger partial charge in [-0.15, -0.1) is 12.4 Å². The highest BCUT2D eigenvalue weighted by Gasteiger charge is 2.35. The van der Waals surface area contributed by atoms with Crippen LogP contribution < -0.4 is 11.5 Å². The van der Waals surface area contributed by atoms with E-state index in [1.807, 2.05) is 13.8 Å². The van der Waals surface area contributed by atoms with Crippen LogP contribution in [0.2, 0.25) is 0 Å². The SMILES string of the molecule is CCN1CC(N)=NC(C)(c2cc(C(N)=O)ccc2F)C1.Cl. The molecule has 0 radical (unpaired) electrons. The molecule has 1 unspecified atom stereocenters. The highest BCUT2D eigenvalue weighted by molar-refractivity contribution is 5.93. The van der Waals surface area contributed by atoms with E-state index < -0.39 is 17.3 Å². The number of likely N-dealkylation sites (N-methyl/N-ethyl adjacent to an activating group) is 1. The highest BCUT2D eigenvalue weighted by atomic mass is 35.5. The number of amidine groups is 1. The first-order valence-corrected chi connectivity index (χ1v) is 6.52. The number of rotatable bonds is 3. The number of carbonyl (C=O) groups excluding carboxylic acids is 1. The van der Waals surface area contributed by atoms with Crippen molar-refractivity contribution in [2.75, 3.05) is 19.6 Å². The summed E-state index contributed by atoms with van der Waals surface area (Å²) in [7, 11) is 0. The molecule has 0 spiro atoms. The molecule has 1 aliphatic heterocycles. The van der Waals surface area contributed by atoms with Crippen LogP contribution in [0.5, 0.6) is 0 Å². The van der Waals surface area contributed by atoms with E-state index in [0.717, 1.165) is 6.54 Å². The molecule has 0 saturated heterocycles. The van der Waals surface area contributed by atoms with E-state index in [0.29, 0.717) is 24.5 Å². The van der Waals surface area contributed by atoms with Gasteiger partial charge in [-0.3, -0.25) is 14.7 Å². The van der Waals surface area contributed by atoms with Gasteiger partial charge in [-0.1, -0.05) is 6.92 Å². The molecule has 0 saturated carbocycles. The van der Waals surface area contributed by atoms with Gasteiger partial charge in [0.2, 0.25) is 5.91 Å². The molecule has 7 heteroatoms. The Labute approximate surface area is 129 Å². The summed E-state index contributed by atoms with van der Waals surface area (Å²) in [6.45, 7) is 5.73. The number of halogens is 2. The van der Waals surface area contributed by atoms with Crippen LogP contribution in [0.1, 0.15) is 29.8 Å². The van der Waals surface area contributed by atoms with Crippen LogP contribution in [0, 0.1) is 5.82 Å². The second-order valence-electron chi connectivity index (χ2n) is 5.24. The average Bonchev–Trinajstić information content (AvgIpc) is 2.37. The Kier molecular flexibility index (Phi) is 5.31. The maximum absolute atomic E-state index is 14.1. The topological polar surface area (TPSA) is 84.7 Å². The summed E-state index contributed by atoms with van der Waals surface area (Å²) >= 11 is 0. The summed E-state index contributed by atoms with van der Waals surface area (Å²) in [4.78, 5) is 17.8. The predicted molar refractivity (Wildman–Crippen MR) is 83.3 cm³/mol. The fourth-order valence-electron chi connectivity index (χ4n) is 2.57. The maximum Gasteiger partial charge on any atom is 0.248 e. The molecule has 1 heterocycles. The van der Waals surface area contributed by atoms with Gasteiger partial charge in [-0.05, 0) is 31.7 Å². The molecule has 2 rings (SSSR count). The second-order valence-corrected chi connectivity index (χ2v) is 5.24. The fraction of sp³-hybridized carbons (Fsp3) is 0.429. The monoisotopic (exact) mass is 314 g/mol. The number of nitrogens with zero attached hydrogens (tertiary/aromatic N) is 2. The Bertz CT molecular complexity index is 578. The van der Waals surface area contributed by atoms with Crippen molar-refractivity contribution in [3.63, 3.8) is 0 Å². The highest BCUT2D eigenvalue weighted by Crippen LogP contribution is 2.31. The summed E-state index contributed by atoms with van der Waals surface area (Å²) < 4.78 is 14.1. The van der Waals surface area contributed by atoms with Crippen molar-refractivity contribution < 1.29 is 9.18 Å². The standard InChI is InChI=1S/C14H19FN4O.ClH/c1-3-19-7-12(16)18-14(2,8-19)10-6-9(13(17)20)4-5-11(10)15;/h4-6H,3,7-8H2,1-2H3,(H2,16,18)(H2,17,20);1H. The van der Waals surface area contributed by atoms with E-state index in [2.05, 4.69) is 9.89 Å². The predicted octanol–water partition coefficient (Wildman–Crippen LogP) is 1.25. The fourth-order valence-corrected chi connectivity index (χ4v) is 2.57. The number of hydrogen-bond acceptors (Lipinski definition) is 4. The van der Waals surface area contributed by atoms with Gasteiger partial charge in [-0.2, -0.15) is 0 Å². The second kappa shape index (κ2) is 6.41. The lowest BCUT2D eigenvalue weighted by Crippen LogP contribution is -2.48. The molecule has 0 fully saturated rings. The zero-order valence-electron chi connectivity index (χ0n) is 12.1. The summed E-state index contributed by atoms with van der Waals surface area (Å²) in [5.41, 5.74) is 10.9. The van der Waals surface area contributed by atoms with Gasteiger partial charge in [-0.25, -0.2) is 4.39 Å². The number of carbonyl (C=O) groups is 1. The molecule has 4 N–H and O–H groups in total. The van der Waals surface area contributed by atoms with Gasteiger partial charge in [0.25, 0.3) is 0 Å². The van der Waals surface area contributed by atoms with Gasteiger partial charge in [0, 0.05) is 17.7 Å². The minimum Gasteiger partial charge on any atom is -0.386 e. The summed E-state index contributed by atoms with van der Waals surface area (Å²) in [6.07, 6.45) is 0. The van der Waals surface area contributed by atoms with Crippen molar-refractivity contribution in [1.82, 2.24) is 4.90 Å². The number of benzene rings is 1. The first-order valence-electron chi connectivity index (χ1n) is 6.52.